The molecule has 0 saturated carbocycles. The second kappa shape index (κ2) is 4.76. The number of carbonyl (C=O) groups is 2. The second-order valence-corrected chi connectivity index (χ2v) is 4.52. The third-order valence-electron chi connectivity index (χ3n) is 3.25. The molecule has 0 aliphatic carbocycles. The minimum atomic E-state index is -0.539. The van der Waals surface area contributed by atoms with E-state index in [2.05, 4.69) is 0 Å². The minimum Gasteiger partial charge on any atom is -0.368 e. The van der Waals surface area contributed by atoms with E-state index in [0.717, 1.165) is 6.42 Å². The number of rotatable bonds is 2. The van der Waals surface area contributed by atoms with Crippen molar-refractivity contribution in [3.05, 3.63) is 35.1 Å². The Labute approximate surface area is 105 Å². The summed E-state index contributed by atoms with van der Waals surface area (Å²) in [6.45, 7) is 2.12. The van der Waals surface area contributed by atoms with Crippen LogP contribution in [-0.4, -0.2) is 29.3 Å². The number of carbonyl (C=O) groups excluding carboxylic acids is 2. The van der Waals surface area contributed by atoms with Crippen molar-refractivity contribution in [2.45, 2.75) is 25.8 Å². The summed E-state index contributed by atoms with van der Waals surface area (Å²) in [6.07, 6.45) is 1.36. The van der Waals surface area contributed by atoms with Crippen molar-refractivity contribution in [3.63, 3.8) is 0 Å². The van der Waals surface area contributed by atoms with Crippen LogP contribution in [0.4, 0.5) is 4.39 Å². The number of amides is 2. The lowest BCUT2D eigenvalue weighted by Gasteiger charge is -2.22. The lowest BCUT2D eigenvalue weighted by Crippen LogP contribution is -2.43. The van der Waals surface area contributed by atoms with Crippen molar-refractivity contribution in [2.24, 2.45) is 5.73 Å². The number of halogens is 1. The highest BCUT2D eigenvalue weighted by Crippen LogP contribution is 2.20. The first-order chi connectivity index (χ1) is 8.50. The van der Waals surface area contributed by atoms with E-state index in [0.29, 0.717) is 24.1 Å². The molecule has 2 rings (SSSR count). The number of primary amides is 1. The van der Waals surface area contributed by atoms with Gasteiger partial charge in [0.15, 0.2) is 0 Å². The van der Waals surface area contributed by atoms with Gasteiger partial charge in [-0.05, 0) is 43.5 Å². The largest absolute Gasteiger partial charge is 0.368 e. The van der Waals surface area contributed by atoms with Gasteiger partial charge in [-0.15, -0.1) is 0 Å². The Morgan fingerprint density at radius 2 is 2.17 bits per heavy atom. The van der Waals surface area contributed by atoms with Gasteiger partial charge in [0.1, 0.15) is 11.9 Å². The highest BCUT2D eigenvalue weighted by atomic mass is 19.1. The average molecular weight is 250 g/mol. The van der Waals surface area contributed by atoms with Gasteiger partial charge >= 0.3 is 0 Å². The number of aryl methyl sites for hydroxylation is 1. The third kappa shape index (κ3) is 2.20. The van der Waals surface area contributed by atoms with Crippen LogP contribution >= 0.6 is 0 Å². The highest BCUT2D eigenvalue weighted by molar-refractivity contribution is 5.97. The number of hydrogen-bond donors (Lipinski definition) is 1. The molecule has 0 aromatic heterocycles. The number of nitrogens with zero attached hydrogens (tertiary/aromatic N) is 1. The van der Waals surface area contributed by atoms with Crippen LogP contribution < -0.4 is 5.73 Å². The van der Waals surface area contributed by atoms with Gasteiger partial charge in [0.25, 0.3) is 5.91 Å². The molecular formula is C13H15FN2O2. The standard InChI is InChI=1S/C13H15FN2O2/c1-8-7-9(4-5-10(8)14)13(18)16-6-2-3-11(16)12(15)17/h4-5,7,11H,2-3,6H2,1H3,(H2,15,17). The molecule has 1 aromatic rings. The zero-order chi connectivity index (χ0) is 13.3. The summed E-state index contributed by atoms with van der Waals surface area (Å²) < 4.78 is 13.1. The lowest BCUT2D eigenvalue weighted by atomic mass is 10.1. The summed E-state index contributed by atoms with van der Waals surface area (Å²) in [4.78, 5) is 24.9. The predicted octanol–water partition coefficient (Wildman–Crippen LogP) is 1.22. The molecule has 1 saturated heterocycles. The Morgan fingerprint density at radius 1 is 1.44 bits per heavy atom. The molecule has 1 aliphatic heterocycles. The topological polar surface area (TPSA) is 63.4 Å². The van der Waals surface area contributed by atoms with Gasteiger partial charge in [0.2, 0.25) is 5.91 Å². The molecule has 0 bridgehead atoms. The molecule has 96 valence electrons. The fourth-order valence-electron chi connectivity index (χ4n) is 2.25. The van der Waals surface area contributed by atoms with Crippen LogP contribution in [-0.2, 0) is 4.79 Å². The molecule has 18 heavy (non-hydrogen) atoms. The van der Waals surface area contributed by atoms with Crippen LogP contribution in [0.5, 0.6) is 0 Å². The van der Waals surface area contributed by atoms with E-state index in [-0.39, 0.29) is 11.7 Å². The average Bonchev–Trinajstić information content (AvgIpc) is 2.81. The summed E-state index contributed by atoms with van der Waals surface area (Å²) in [5, 5.41) is 0. The van der Waals surface area contributed by atoms with Crippen molar-refractivity contribution in [1.29, 1.82) is 0 Å². The molecule has 4 nitrogen and oxygen atoms in total. The smallest absolute Gasteiger partial charge is 0.254 e. The maximum atomic E-state index is 13.1. The molecule has 5 heteroatoms. The van der Waals surface area contributed by atoms with Crippen molar-refractivity contribution >= 4 is 11.8 Å². The Hall–Kier alpha value is -1.91. The van der Waals surface area contributed by atoms with Gasteiger partial charge < -0.3 is 10.6 Å². The van der Waals surface area contributed by atoms with E-state index in [1.165, 1.54) is 23.1 Å². The van der Waals surface area contributed by atoms with Crippen LogP contribution in [0.15, 0.2) is 18.2 Å². The molecule has 1 atom stereocenters. The molecule has 1 heterocycles. The van der Waals surface area contributed by atoms with E-state index in [1.807, 2.05) is 0 Å². The van der Waals surface area contributed by atoms with E-state index >= 15 is 0 Å². The van der Waals surface area contributed by atoms with Gasteiger partial charge in [-0.25, -0.2) is 4.39 Å². The van der Waals surface area contributed by atoms with Crippen LogP contribution in [0.3, 0.4) is 0 Å². The SMILES string of the molecule is Cc1cc(C(=O)N2CCCC2C(N)=O)ccc1F. The molecule has 0 radical (unpaired) electrons. The molecule has 2 amide bonds. The number of benzene rings is 1. The van der Waals surface area contributed by atoms with Crippen molar-refractivity contribution in [2.75, 3.05) is 6.54 Å². The Balaban J connectivity index is 2.25. The van der Waals surface area contributed by atoms with E-state index in [4.69, 9.17) is 5.73 Å². The van der Waals surface area contributed by atoms with E-state index in [9.17, 15) is 14.0 Å². The summed E-state index contributed by atoms with van der Waals surface area (Å²) in [5.41, 5.74) is 6.07. The fourth-order valence-corrected chi connectivity index (χ4v) is 2.25. The summed E-state index contributed by atoms with van der Waals surface area (Å²) >= 11 is 0. The molecule has 1 aliphatic rings. The quantitative estimate of drug-likeness (QED) is 0.857. The molecule has 2 N–H and O–H groups in total. The lowest BCUT2D eigenvalue weighted by molar-refractivity contribution is -0.121. The molecular weight excluding hydrogens is 235 g/mol. The highest BCUT2D eigenvalue weighted by Gasteiger charge is 2.33. The van der Waals surface area contributed by atoms with Crippen LogP contribution in [0.1, 0.15) is 28.8 Å². The molecule has 1 aromatic carbocycles. The van der Waals surface area contributed by atoms with E-state index < -0.39 is 11.9 Å². The van der Waals surface area contributed by atoms with Gasteiger partial charge in [0.05, 0.1) is 0 Å². The fraction of sp³-hybridized carbons (Fsp3) is 0.385. The van der Waals surface area contributed by atoms with Crippen molar-refractivity contribution in [1.82, 2.24) is 4.90 Å². The number of nitrogens with two attached hydrogens (primary N) is 1. The monoisotopic (exact) mass is 250 g/mol. The Morgan fingerprint density at radius 3 is 2.78 bits per heavy atom. The summed E-state index contributed by atoms with van der Waals surface area (Å²) in [7, 11) is 0. The molecule has 1 fully saturated rings. The Kier molecular flexibility index (Phi) is 3.32. The normalized spacial score (nSPS) is 19.0. The van der Waals surface area contributed by atoms with Gasteiger partial charge in [0, 0.05) is 12.1 Å². The zero-order valence-corrected chi connectivity index (χ0v) is 10.1. The van der Waals surface area contributed by atoms with Gasteiger partial charge in [-0.1, -0.05) is 0 Å². The second-order valence-electron chi connectivity index (χ2n) is 4.52. The zero-order valence-electron chi connectivity index (χ0n) is 10.1. The summed E-state index contributed by atoms with van der Waals surface area (Å²) in [6, 6.07) is 3.65. The Bertz CT molecular complexity index is 502. The minimum absolute atomic E-state index is 0.264. The summed E-state index contributed by atoms with van der Waals surface area (Å²) in [5.74, 6) is -1.10. The number of hydrogen-bond acceptors (Lipinski definition) is 2. The van der Waals surface area contributed by atoms with Gasteiger partial charge in [-0.3, -0.25) is 9.59 Å². The predicted molar refractivity (Wildman–Crippen MR) is 64.4 cm³/mol. The molecule has 1 unspecified atom stereocenters. The van der Waals surface area contributed by atoms with Crippen LogP contribution in [0, 0.1) is 12.7 Å². The van der Waals surface area contributed by atoms with Gasteiger partial charge in [-0.2, -0.15) is 0 Å². The first-order valence-corrected chi connectivity index (χ1v) is 5.87. The first kappa shape index (κ1) is 12.5. The maximum Gasteiger partial charge on any atom is 0.254 e. The third-order valence-corrected chi connectivity index (χ3v) is 3.25. The maximum absolute atomic E-state index is 13.1. The molecule has 0 spiro atoms. The van der Waals surface area contributed by atoms with Crippen molar-refractivity contribution < 1.29 is 14.0 Å². The van der Waals surface area contributed by atoms with Crippen molar-refractivity contribution in [3.8, 4) is 0 Å². The van der Waals surface area contributed by atoms with Crippen LogP contribution in [0.2, 0.25) is 0 Å². The number of likely N-dealkylation sites (tertiary alicyclic amines) is 1. The van der Waals surface area contributed by atoms with E-state index in [1.54, 1.807) is 6.92 Å². The first-order valence-electron chi connectivity index (χ1n) is 5.87. The van der Waals surface area contributed by atoms with Crippen LogP contribution in [0.25, 0.3) is 0 Å².